The van der Waals surface area contributed by atoms with Gasteiger partial charge in [0.15, 0.2) is 12.7 Å². The summed E-state index contributed by atoms with van der Waals surface area (Å²) in [5.74, 6) is -1.61. The van der Waals surface area contributed by atoms with Crippen molar-refractivity contribution in [1.82, 2.24) is 4.31 Å². The molecule has 0 unspecified atom stereocenters. The summed E-state index contributed by atoms with van der Waals surface area (Å²) >= 11 is 0. The fraction of sp³-hybridized carbons (Fsp3) is 0.300. The van der Waals surface area contributed by atoms with Gasteiger partial charge in [-0.25, -0.2) is 13.2 Å². The van der Waals surface area contributed by atoms with E-state index >= 15 is 0 Å². The predicted octanol–water partition coefficient (Wildman–Crippen LogP) is 1.93. The minimum Gasteiger partial charge on any atom is -0.453 e. The van der Waals surface area contributed by atoms with E-state index in [1.54, 1.807) is 44.2 Å². The molecule has 0 saturated heterocycles. The van der Waals surface area contributed by atoms with Gasteiger partial charge in [-0.15, -0.1) is 0 Å². The Morgan fingerprint density at radius 1 is 1.07 bits per heavy atom. The molecule has 0 saturated carbocycles. The third kappa shape index (κ3) is 5.86. The van der Waals surface area contributed by atoms with Crippen molar-refractivity contribution in [3.05, 3.63) is 60.2 Å². The Labute approximate surface area is 170 Å². The van der Waals surface area contributed by atoms with Gasteiger partial charge in [-0.2, -0.15) is 4.31 Å². The van der Waals surface area contributed by atoms with Gasteiger partial charge in [-0.3, -0.25) is 4.79 Å². The number of amides is 1. The molecule has 2 aromatic carbocycles. The Balaban J connectivity index is 1.98. The van der Waals surface area contributed by atoms with Gasteiger partial charge in [-0.1, -0.05) is 50.2 Å². The Bertz CT molecular complexity index is 942. The quantitative estimate of drug-likeness (QED) is 0.600. The van der Waals surface area contributed by atoms with E-state index in [0.29, 0.717) is 18.7 Å². The highest BCUT2D eigenvalue weighted by atomic mass is 32.2. The molecule has 1 atom stereocenters. The summed E-state index contributed by atoms with van der Waals surface area (Å²) in [6.07, 6.45) is -1.49. The van der Waals surface area contributed by atoms with Crippen molar-refractivity contribution in [2.75, 3.05) is 25.0 Å². The van der Waals surface area contributed by atoms with E-state index in [-0.39, 0.29) is 10.6 Å². The lowest BCUT2D eigenvalue weighted by Gasteiger charge is -2.18. The highest BCUT2D eigenvalue weighted by molar-refractivity contribution is 7.89. The van der Waals surface area contributed by atoms with Crippen LogP contribution in [0.2, 0.25) is 0 Å². The smallest absolute Gasteiger partial charge is 0.340 e. The number of esters is 1. The van der Waals surface area contributed by atoms with Crippen LogP contribution in [0.5, 0.6) is 0 Å². The first-order valence-electron chi connectivity index (χ1n) is 9.09. The van der Waals surface area contributed by atoms with Gasteiger partial charge >= 0.3 is 5.97 Å². The van der Waals surface area contributed by atoms with E-state index in [4.69, 9.17) is 4.74 Å². The zero-order valence-electron chi connectivity index (χ0n) is 16.2. The van der Waals surface area contributed by atoms with Crippen LogP contribution in [0.3, 0.4) is 0 Å². The number of aliphatic hydroxyl groups excluding tert-OH is 1. The topological polar surface area (TPSA) is 113 Å². The number of benzene rings is 2. The molecule has 0 spiro atoms. The number of nitrogens with zero attached hydrogens (tertiary/aromatic N) is 1. The Morgan fingerprint density at radius 2 is 1.72 bits per heavy atom. The molecular weight excluding hydrogens is 396 g/mol. The van der Waals surface area contributed by atoms with Crippen LogP contribution >= 0.6 is 0 Å². The number of rotatable bonds is 9. The van der Waals surface area contributed by atoms with Crippen LogP contribution in [-0.4, -0.2) is 49.4 Å². The number of hydrogen-bond acceptors (Lipinski definition) is 6. The van der Waals surface area contributed by atoms with Crippen LogP contribution in [0.15, 0.2) is 59.5 Å². The summed E-state index contributed by atoms with van der Waals surface area (Å²) in [6, 6.07) is 14.0. The van der Waals surface area contributed by atoms with Crippen molar-refractivity contribution < 1.29 is 27.9 Å². The standard InChI is InChI=1S/C20H24N2O6S/c1-3-22(4-2)29(26,27)17-12-8-11-16(13-17)21-18(23)14-28-20(25)19(24)15-9-6-5-7-10-15/h5-13,19,24H,3-4,14H2,1-2H3,(H,21,23)/t19-/m0/s1. The number of nitrogens with one attached hydrogen (secondary N) is 1. The van der Waals surface area contributed by atoms with Crippen molar-refractivity contribution in [1.29, 1.82) is 0 Å². The molecule has 156 valence electrons. The molecule has 0 radical (unpaired) electrons. The average molecular weight is 420 g/mol. The molecule has 0 aliphatic carbocycles. The number of sulfonamides is 1. The molecule has 9 heteroatoms. The van der Waals surface area contributed by atoms with Gasteiger partial charge in [0.25, 0.3) is 5.91 Å². The molecule has 0 heterocycles. The van der Waals surface area contributed by atoms with Gasteiger partial charge in [-0.05, 0) is 23.8 Å². The molecule has 8 nitrogen and oxygen atoms in total. The second kappa shape index (κ2) is 10.1. The lowest BCUT2D eigenvalue weighted by atomic mass is 10.1. The number of anilines is 1. The molecule has 2 N–H and O–H groups in total. The highest BCUT2D eigenvalue weighted by Gasteiger charge is 2.22. The second-order valence-corrected chi connectivity index (χ2v) is 8.02. The number of ether oxygens (including phenoxy) is 1. The highest BCUT2D eigenvalue weighted by Crippen LogP contribution is 2.19. The normalized spacial score (nSPS) is 12.4. The zero-order valence-corrected chi connectivity index (χ0v) is 17.1. The van der Waals surface area contributed by atoms with Crippen molar-refractivity contribution in [3.63, 3.8) is 0 Å². The van der Waals surface area contributed by atoms with E-state index in [0.717, 1.165) is 0 Å². The first-order chi connectivity index (χ1) is 13.8. The maximum absolute atomic E-state index is 12.6. The summed E-state index contributed by atoms with van der Waals surface area (Å²) < 4.78 is 31.3. The maximum Gasteiger partial charge on any atom is 0.340 e. The number of carbonyl (C=O) groups is 2. The summed E-state index contributed by atoms with van der Waals surface area (Å²) in [7, 11) is -3.66. The van der Waals surface area contributed by atoms with Crippen LogP contribution in [0, 0.1) is 0 Å². The maximum atomic E-state index is 12.6. The molecule has 2 aromatic rings. The summed E-state index contributed by atoms with van der Waals surface area (Å²) in [6.45, 7) is 3.52. The van der Waals surface area contributed by atoms with E-state index in [1.807, 2.05) is 0 Å². The fourth-order valence-electron chi connectivity index (χ4n) is 2.63. The van der Waals surface area contributed by atoms with Crippen molar-refractivity contribution >= 4 is 27.6 Å². The third-order valence-corrected chi connectivity index (χ3v) is 6.19. The van der Waals surface area contributed by atoms with Gasteiger partial charge in [0.2, 0.25) is 10.0 Å². The molecule has 1 amide bonds. The molecule has 29 heavy (non-hydrogen) atoms. The zero-order chi connectivity index (χ0) is 21.4. The Morgan fingerprint density at radius 3 is 2.34 bits per heavy atom. The minimum absolute atomic E-state index is 0.0514. The van der Waals surface area contributed by atoms with Crippen LogP contribution in [-0.2, 0) is 24.3 Å². The first kappa shape index (κ1) is 22.5. The van der Waals surface area contributed by atoms with Crippen molar-refractivity contribution in [3.8, 4) is 0 Å². The van der Waals surface area contributed by atoms with Crippen molar-refractivity contribution in [2.24, 2.45) is 0 Å². The van der Waals surface area contributed by atoms with Gasteiger partial charge < -0.3 is 15.2 Å². The molecule has 0 bridgehead atoms. The lowest BCUT2D eigenvalue weighted by Crippen LogP contribution is -2.30. The van der Waals surface area contributed by atoms with Gasteiger partial charge in [0, 0.05) is 18.8 Å². The van der Waals surface area contributed by atoms with Crippen LogP contribution in [0.1, 0.15) is 25.5 Å². The van der Waals surface area contributed by atoms with Gasteiger partial charge in [0.1, 0.15) is 0 Å². The number of carbonyl (C=O) groups excluding carboxylic acids is 2. The first-order valence-corrected chi connectivity index (χ1v) is 10.5. The van der Waals surface area contributed by atoms with Crippen LogP contribution < -0.4 is 5.32 Å². The largest absolute Gasteiger partial charge is 0.453 e. The lowest BCUT2D eigenvalue weighted by molar-refractivity contribution is -0.156. The Hall–Kier alpha value is -2.75. The molecular formula is C20H24N2O6S. The number of aliphatic hydroxyl groups is 1. The minimum atomic E-state index is -3.66. The SMILES string of the molecule is CCN(CC)S(=O)(=O)c1cccc(NC(=O)COC(=O)[C@@H](O)c2ccccc2)c1. The monoisotopic (exact) mass is 420 g/mol. The average Bonchev–Trinajstić information content (AvgIpc) is 2.73. The molecule has 0 fully saturated rings. The summed E-state index contributed by atoms with van der Waals surface area (Å²) in [5.41, 5.74) is 0.607. The second-order valence-electron chi connectivity index (χ2n) is 6.09. The number of hydrogen-bond donors (Lipinski definition) is 2. The molecule has 0 aliphatic rings. The third-order valence-electron chi connectivity index (χ3n) is 4.15. The van der Waals surface area contributed by atoms with E-state index < -0.39 is 34.6 Å². The van der Waals surface area contributed by atoms with E-state index in [9.17, 15) is 23.1 Å². The van der Waals surface area contributed by atoms with E-state index in [1.165, 1.54) is 28.6 Å². The van der Waals surface area contributed by atoms with E-state index in [2.05, 4.69) is 5.32 Å². The Kier molecular flexibility index (Phi) is 7.89. The van der Waals surface area contributed by atoms with Crippen LogP contribution in [0.25, 0.3) is 0 Å². The molecule has 0 aromatic heterocycles. The van der Waals surface area contributed by atoms with Crippen LogP contribution in [0.4, 0.5) is 5.69 Å². The van der Waals surface area contributed by atoms with Gasteiger partial charge in [0.05, 0.1) is 4.90 Å². The predicted molar refractivity (Wildman–Crippen MR) is 108 cm³/mol. The molecule has 0 aliphatic heterocycles. The molecule has 2 rings (SSSR count). The summed E-state index contributed by atoms with van der Waals surface area (Å²) in [4.78, 5) is 24.0. The fourth-order valence-corrected chi connectivity index (χ4v) is 4.14. The summed E-state index contributed by atoms with van der Waals surface area (Å²) in [5, 5.41) is 12.4. The van der Waals surface area contributed by atoms with Crippen molar-refractivity contribution in [2.45, 2.75) is 24.8 Å².